The van der Waals surface area contributed by atoms with Crippen molar-refractivity contribution in [2.75, 3.05) is 18.2 Å². The summed E-state index contributed by atoms with van der Waals surface area (Å²) in [6.45, 7) is 0. The van der Waals surface area contributed by atoms with Crippen LogP contribution >= 0.6 is 0 Å². The lowest BCUT2D eigenvalue weighted by atomic mass is 10.1. The van der Waals surface area contributed by atoms with Gasteiger partial charge in [0, 0.05) is 23.0 Å². The highest BCUT2D eigenvalue weighted by Gasteiger charge is 2.07. The van der Waals surface area contributed by atoms with Crippen LogP contribution in [0.4, 0.5) is 21.6 Å². The maximum absolute atomic E-state index is 13.0. The third-order valence-corrected chi connectivity index (χ3v) is 3.87. The van der Waals surface area contributed by atoms with E-state index in [0.717, 1.165) is 5.56 Å². The van der Waals surface area contributed by atoms with Crippen LogP contribution in [0.25, 0.3) is 6.08 Å². The largest absolute Gasteiger partial charge is 0.495 e. The molecule has 0 atom stereocenters. The maximum atomic E-state index is 13.0. The van der Waals surface area contributed by atoms with Gasteiger partial charge in [-0.2, -0.15) is 0 Å². The van der Waals surface area contributed by atoms with Crippen molar-refractivity contribution in [3.05, 3.63) is 83.8 Å². The number of nitrogens with two attached hydrogens (primary N) is 1. The van der Waals surface area contributed by atoms with Gasteiger partial charge >= 0.3 is 0 Å². The number of carbonyl (C=O) groups excluding carboxylic acids is 1. The van der Waals surface area contributed by atoms with Crippen LogP contribution in [-0.2, 0) is 0 Å². The summed E-state index contributed by atoms with van der Waals surface area (Å²) in [7, 11) is 1.52. The molecule has 27 heavy (non-hydrogen) atoms. The first-order valence-corrected chi connectivity index (χ1v) is 8.20. The number of pyridine rings is 1. The van der Waals surface area contributed by atoms with Crippen LogP contribution in [0.3, 0.4) is 0 Å². The van der Waals surface area contributed by atoms with Gasteiger partial charge in [0.2, 0.25) is 0 Å². The molecule has 1 aromatic heterocycles. The van der Waals surface area contributed by atoms with Gasteiger partial charge in [-0.05, 0) is 66.7 Å². The standard InChI is InChI=1S/C21H18FN3O2/c1-27-20-11-5-15(13-18(20)23)19(26)10-4-14-3-2-12-24-21(14)25-17-8-6-16(22)7-9-17/h2-13H,23H2,1H3,(H,24,25)/b10-4+. The highest BCUT2D eigenvalue weighted by atomic mass is 19.1. The smallest absolute Gasteiger partial charge is 0.185 e. The van der Waals surface area contributed by atoms with Crippen LogP contribution in [0.1, 0.15) is 15.9 Å². The van der Waals surface area contributed by atoms with Gasteiger partial charge in [-0.3, -0.25) is 4.79 Å². The minimum Gasteiger partial charge on any atom is -0.495 e. The fourth-order valence-corrected chi connectivity index (χ4v) is 2.48. The molecule has 3 aromatic rings. The van der Waals surface area contributed by atoms with Crippen molar-refractivity contribution in [2.45, 2.75) is 0 Å². The van der Waals surface area contributed by atoms with E-state index in [1.807, 2.05) is 6.07 Å². The number of allylic oxidation sites excluding steroid dienone is 1. The number of nitrogens with one attached hydrogen (secondary N) is 1. The summed E-state index contributed by atoms with van der Waals surface area (Å²) in [6, 6.07) is 14.4. The van der Waals surface area contributed by atoms with Crippen molar-refractivity contribution in [3.8, 4) is 5.75 Å². The second kappa shape index (κ2) is 8.14. The molecule has 3 N–H and O–H groups in total. The summed E-state index contributed by atoms with van der Waals surface area (Å²) in [6.07, 6.45) is 4.75. The molecule has 5 nitrogen and oxygen atoms in total. The minimum absolute atomic E-state index is 0.194. The van der Waals surface area contributed by atoms with Crippen LogP contribution in [0.2, 0.25) is 0 Å². The number of hydrogen-bond donors (Lipinski definition) is 2. The summed E-state index contributed by atoms with van der Waals surface area (Å²) >= 11 is 0. The average molecular weight is 363 g/mol. The zero-order valence-corrected chi connectivity index (χ0v) is 14.6. The number of nitrogens with zero attached hydrogens (tertiary/aromatic N) is 1. The number of carbonyl (C=O) groups is 1. The van der Waals surface area contributed by atoms with E-state index < -0.39 is 0 Å². The predicted molar refractivity (Wildman–Crippen MR) is 105 cm³/mol. The lowest BCUT2D eigenvalue weighted by Gasteiger charge is -2.08. The molecule has 0 saturated carbocycles. The molecule has 0 spiro atoms. The Balaban J connectivity index is 1.79. The van der Waals surface area contributed by atoms with E-state index in [1.165, 1.54) is 25.3 Å². The molecule has 136 valence electrons. The number of aromatic nitrogens is 1. The van der Waals surface area contributed by atoms with E-state index >= 15 is 0 Å². The van der Waals surface area contributed by atoms with Gasteiger partial charge in [0.05, 0.1) is 12.8 Å². The Hall–Kier alpha value is -3.67. The molecule has 6 heteroatoms. The van der Waals surface area contributed by atoms with Crippen LogP contribution in [-0.4, -0.2) is 17.9 Å². The van der Waals surface area contributed by atoms with Crippen LogP contribution in [0.15, 0.2) is 66.9 Å². The van der Waals surface area contributed by atoms with Gasteiger partial charge in [0.1, 0.15) is 17.4 Å². The SMILES string of the molecule is COc1ccc(C(=O)/C=C/c2cccnc2Nc2ccc(F)cc2)cc1N. The molecule has 3 rings (SSSR count). The fourth-order valence-electron chi connectivity index (χ4n) is 2.48. The molecule has 0 saturated heterocycles. The predicted octanol–water partition coefficient (Wildman–Crippen LogP) is 4.45. The lowest BCUT2D eigenvalue weighted by Crippen LogP contribution is -1.99. The Morgan fingerprint density at radius 2 is 1.96 bits per heavy atom. The molecule has 2 aromatic carbocycles. The van der Waals surface area contributed by atoms with Crippen LogP contribution in [0, 0.1) is 5.82 Å². The van der Waals surface area contributed by atoms with Gasteiger partial charge in [0.15, 0.2) is 5.78 Å². The van der Waals surface area contributed by atoms with E-state index in [9.17, 15) is 9.18 Å². The Bertz CT molecular complexity index is 985. The van der Waals surface area contributed by atoms with Gasteiger partial charge in [-0.15, -0.1) is 0 Å². The number of methoxy groups -OCH3 is 1. The quantitative estimate of drug-likeness (QED) is 0.384. The molecule has 0 radical (unpaired) electrons. The van der Waals surface area contributed by atoms with Crippen molar-refractivity contribution in [1.82, 2.24) is 4.98 Å². The first-order valence-electron chi connectivity index (χ1n) is 8.20. The van der Waals surface area contributed by atoms with E-state index in [4.69, 9.17) is 10.5 Å². The minimum atomic E-state index is -0.314. The van der Waals surface area contributed by atoms with Gasteiger partial charge in [-0.1, -0.05) is 0 Å². The molecule has 1 heterocycles. The lowest BCUT2D eigenvalue weighted by molar-refractivity contribution is 0.104. The molecule has 0 unspecified atom stereocenters. The number of rotatable bonds is 6. The highest BCUT2D eigenvalue weighted by molar-refractivity contribution is 6.07. The highest BCUT2D eigenvalue weighted by Crippen LogP contribution is 2.23. The first-order chi connectivity index (χ1) is 13.1. The first kappa shape index (κ1) is 18.1. The number of anilines is 3. The molecular formula is C21H18FN3O2. The number of nitrogen functional groups attached to an aromatic ring is 1. The summed E-state index contributed by atoms with van der Waals surface area (Å²) in [5, 5.41) is 3.11. The maximum Gasteiger partial charge on any atom is 0.185 e. The zero-order valence-electron chi connectivity index (χ0n) is 14.6. The summed E-state index contributed by atoms with van der Waals surface area (Å²) in [5.41, 5.74) is 8.12. The summed E-state index contributed by atoms with van der Waals surface area (Å²) in [4.78, 5) is 16.7. The monoisotopic (exact) mass is 363 g/mol. The Kier molecular flexibility index (Phi) is 5.47. The Morgan fingerprint density at radius 3 is 2.67 bits per heavy atom. The van der Waals surface area contributed by atoms with Crippen molar-refractivity contribution in [2.24, 2.45) is 0 Å². The third-order valence-electron chi connectivity index (χ3n) is 3.87. The van der Waals surface area contributed by atoms with Crippen molar-refractivity contribution in [1.29, 1.82) is 0 Å². The molecule has 0 amide bonds. The Morgan fingerprint density at radius 1 is 1.19 bits per heavy atom. The van der Waals surface area contributed by atoms with Gasteiger partial charge < -0.3 is 15.8 Å². The van der Waals surface area contributed by atoms with E-state index in [-0.39, 0.29) is 11.6 Å². The van der Waals surface area contributed by atoms with Gasteiger partial charge in [0.25, 0.3) is 0 Å². The second-order valence-corrected chi connectivity index (χ2v) is 5.73. The normalized spacial score (nSPS) is 10.7. The number of ether oxygens (including phenoxy) is 1. The fraction of sp³-hybridized carbons (Fsp3) is 0.0476. The van der Waals surface area contributed by atoms with E-state index in [0.29, 0.717) is 28.5 Å². The average Bonchev–Trinajstić information content (AvgIpc) is 2.68. The van der Waals surface area contributed by atoms with Crippen molar-refractivity contribution < 1.29 is 13.9 Å². The number of halogens is 1. The van der Waals surface area contributed by atoms with E-state index in [2.05, 4.69) is 10.3 Å². The van der Waals surface area contributed by atoms with Crippen molar-refractivity contribution in [3.63, 3.8) is 0 Å². The molecule has 0 fully saturated rings. The molecule has 0 aliphatic rings. The number of benzene rings is 2. The number of hydrogen-bond acceptors (Lipinski definition) is 5. The molecular weight excluding hydrogens is 345 g/mol. The number of ketones is 1. The Labute approximate surface area is 156 Å². The van der Waals surface area contributed by atoms with Gasteiger partial charge in [-0.25, -0.2) is 9.37 Å². The second-order valence-electron chi connectivity index (χ2n) is 5.73. The van der Waals surface area contributed by atoms with Crippen molar-refractivity contribution >= 4 is 29.1 Å². The summed E-state index contributed by atoms with van der Waals surface area (Å²) < 4.78 is 18.1. The third kappa shape index (κ3) is 4.49. The molecule has 0 bridgehead atoms. The summed E-state index contributed by atoms with van der Waals surface area (Å²) in [5.74, 6) is 0.572. The molecule has 0 aliphatic heterocycles. The molecule has 0 aliphatic carbocycles. The van der Waals surface area contributed by atoms with Crippen LogP contribution < -0.4 is 15.8 Å². The van der Waals surface area contributed by atoms with E-state index in [1.54, 1.807) is 48.7 Å². The van der Waals surface area contributed by atoms with Crippen LogP contribution in [0.5, 0.6) is 5.75 Å². The topological polar surface area (TPSA) is 77.2 Å². The zero-order chi connectivity index (χ0) is 19.2.